The molecule has 0 heterocycles. The summed E-state index contributed by atoms with van der Waals surface area (Å²) >= 11 is 0. The minimum Gasteiger partial charge on any atom is -0.101 e. The van der Waals surface area contributed by atoms with E-state index >= 15 is 0 Å². The van der Waals surface area contributed by atoms with Crippen molar-refractivity contribution in [2.24, 2.45) is 0 Å². The predicted molar refractivity (Wildman–Crippen MR) is 82.6 cm³/mol. The summed E-state index contributed by atoms with van der Waals surface area (Å²) in [5.74, 6) is 0. The van der Waals surface area contributed by atoms with Crippen molar-refractivity contribution in [3.63, 3.8) is 0 Å². The molecule has 0 aromatic rings. The van der Waals surface area contributed by atoms with Crippen LogP contribution >= 0.6 is 7.92 Å². The van der Waals surface area contributed by atoms with Crippen LogP contribution in [0.2, 0.25) is 0 Å². The molecule has 0 aromatic carbocycles. The monoisotopic (exact) mass is 256 g/mol. The van der Waals surface area contributed by atoms with Crippen molar-refractivity contribution in [3.05, 3.63) is 0 Å². The minimum atomic E-state index is 0.355. The van der Waals surface area contributed by atoms with Crippen LogP contribution in [-0.2, 0) is 0 Å². The van der Waals surface area contributed by atoms with Gasteiger partial charge in [0.15, 0.2) is 0 Å². The summed E-state index contributed by atoms with van der Waals surface area (Å²) in [5, 5.41) is 0. The molecule has 0 aliphatic heterocycles. The SMILES string of the molecule is CCCCCCCCP(C(C)C)C1CCCC1. The zero-order chi connectivity index (χ0) is 12.5. The Bertz CT molecular complexity index is 170. The van der Waals surface area contributed by atoms with Crippen LogP contribution in [0.15, 0.2) is 0 Å². The zero-order valence-corrected chi connectivity index (χ0v) is 13.3. The van der Waals surface area contributed by atoms with Gasteiger partial charge in [-0.1, -0.05) is 65.7 Å². The number of unbranched alkanes of at least 4 members (excludes halogenated alkanes) is 5. The van der Waals surface area contributed by atoms with Gasteiger partial charge in [-0.3, -0.25) is 0 Å². The lowest BCUT2D eigenvalue weighted by atomic mass is 10.1. The van der Waals surface area contributed by atoms with E-state index in [9.17, 15) is 0 Å². The molecule has 1 rings (SSSR count). The maximum absolute atomic E-state index is 2.47. The number of hydrogen-bond donors (Lipinski definition) is 0. The standard InChI is InChI=1S/C16H33P/c1-4-5-6-7-8-11-14-17(15(2)3)16-12-9-10-13-16/h15-16H,4-14H2,1-3H3. The summed E-state index contributed by atoms with van der Waals surface area (Å²) in [6.07, 6.45) is 16.5. The highest BCUT2D eigenvalue weighted by atomic mass is 31.1. The van der Waals surface area contributed by atoms with Gasteiger partial charge < -0.3 is 0 Å². The maximum Gasteiger partial charge on any atom is -0.0207 e. The number of rotatable bonds is 9. The second-order valence-electron chi connectivity index (χ2n) is 6.04. The highest BCUT2D eigenvalue weighted by Crippen LogP contribution is 2.52. The third-order valence-electron chi connectivity index (χ3n) is 4.23. The van der Waals surface area contributed by atoms with E-state index in [2.05, 4.69) is 20.8 Å². The molecule has 0 amide bonds. The molecule has 1 heteroatoms. The summed E-state index contributed by atoms with van der Waals surface area (Å²) < 4.78 is 0. The Morgan fingerprint density at radius 2 is 1.53 bits per heavy atom. The molecule has 1 fully saturated rings. The quantitative estimate of drug-likeness (QED) is 0.341. The van der Waals surface area contributed by atoms with Crippen molar-refractivity contribution in [1.82, 2.24) is 0 Å². The molecule has 17 heavy (non-hydrogen) atoms. The fraction of sp³-hybridized carbons (Fsp3) is 1.00. The Morgan fingerprint density at radius 1 is 0.941 bits per heavy atom. The Labute approximate surface area is 111 Å². The van der Waals surface area contributed by atoms with Crippen LogP contribution in [0, 0.1) is 0 Å². The van der Waals surface area contributed by atoms with E-state index in [1.807, 2.05) is 0 Å². The first-order chi connectivity index (χ1) is 8.25. The lowest BCUT2D eigenvalue weighted by Crippen LogP contribution is -2.09. The van der Waals surface area contributed by atoms with Crippen LogP contribution < -0.4 is 0 Å². The van der Waals surface area contributed by atoms with E-state index in [-0.39, 0.29) is 0 Å². The summed E-state index contributed by atoms with van der Waals surface area (Å²) in [5.41, 5.74) is 2.12. The normalized spacial score (nSPS) is 19.1. The van der Waals surface area contributed by atoms with E-state index in [1.165, 1.54) is 51.4 Å². The molecular formula is C16H33P. The van der Waals surface area contributed by atoms with Crippen molar-refractivity contribution < 1.29 is 0 Å². The van der Waals surface area contributed by atoms with Gasteiger partial charge in [0.1, 0.15) is 0 Å². The minimum absolute atomic E-state index is 0.355. The van der Waals surface area contributed by atoms with Crippen LogP contribution in [0.3, 0.4) is 0 Å². The molecule has 1 atom stereocenters. The lowest BCUT2D eigenvalue weighted by molar-refractivity contribution is 0.625. The molecular weight excluding hydrogens is 223 g/mol. The highest BCUT2D eigenvalue weighted by Gasteiger charge is 2.25. The molecule has 0 aromatic heterocycles. The van der Waals surface area contributed by atoms with Gasteiger partial charge in [0.25, 0.3) is 0 Å². The van der Waals surface area contributed by atoms with E-state index in [4.69, 9.17) is 0 Å². The first kappa shape index (κ1) is 15.5. The average Bonchev–Trinajstić information content (AvgIpc) is 2.81. The van der Waals surface area contributed by atoms with Gasteiger partial charge in [0.05, 0.1) is 0 Å². The van der Waals surface area contributed by atoms with Crippen molar-refractivity contribution in [2.45, 2.75) is 96.3 Å². The van der Waals surface area contributed by atoms with Crippen LogP contribution in [0.1, 0.15) is 85.0 Å². The van der Waals surface area contributed by atoms with Gasteiger partial charge in [-0.05, 0) is 36.7 Å². The van der Waals surface area contributed by atoms with Gasteiger partial charge in [-0.25, -0.2) is 0 Å². The van der Waals surface area contributed by atoms with Crippen molar-refractivity contribution >= 4 is 7.92 Å². The van der Waals surface area contributed by atoms with Crippen LogP contribution in [0.4, 0.5) is 0 Å². The smallest absolute Gasteiger partial charge is 0.0207 e. The summed E-state index contributed by atoms with van der Waals surface area (Å²) in [4.78, 5) is 0. The van der Waals surface area contributed by atoms with Crippen LogP contribution in [0.5, 0.6) is 0 Å². The van der Waals surface area contributed by atoms with E-state index < -0.39 is 0 Å². The second-order valence-corrected chi connectivity index (χ2v) is 9.28. The van der Waals surface area contributed by atoms with Gasteiger partial charge in [-0.2, -0.15) is 0 Å². The number of hydrogen-bond acceptors (Lipinski definition) is 0. The van der Waals surface area contributed by atoms with Gasteiger partial charge >= 0.3 is 0 Å². The largest absolute Gasteiger partial charge is 0.101 e. The Balaban J connectivity index is 2.12. The van der Waals surface area contributed by atoms with Gasteiger partial charge in [-0.15, -0.1) is 7.92 Å². The molecule has 0 bridgehead atoms. The van der Waals surface area contributed by atoms with E-state index in [1.54, 1.807) is 19.0 Å². The Hall–Kier alpha value is 0.430. The third kappa shape index (κ3) is 6.23. The topological polar surface area (TPSA) is 0 Å². The van der Waals surface area contributed by atoms with E-state index in [0.717, 1.165) is 11.3 Å². The van der Waals surface area contributed by atoms with Gasteiger partial charge in [0.2, 0.25) is 0 Å². The highest BCUT2D eigenvalue weighted by molar-refractivity contribution is 7.59. The summed E-state index contributed by atoms with van der Waals surface area (Å²) in [6, 6.07) is 0. The fourth-order valence-electron chi connectivity index (χ4n) is 3.17. The lowest BCUT2D eigenvalue weighted by Gasteiger charge is -2.28. The molecule has 0 saturated heterocycles. The van der Waals surface area contributed by atoms with Crippen molar-refractivity contribution in [2.75, 3.05) is 6.16 Å². The zero-order valence-electron chi connectivity index (χ0n) is 12.4. The molecule has 1 aliphatic rings. The first-order valence-corrected chi connectivity index (χ1v) is 9.68. The molecule has 102 valence electrons. The molecule has 1 saturated carbocycles. The van der Waals surface area contributed by atoms with Crippen molar-refractivity contribution in [1.29, 1.82) is 0 Å². The third-order valence-corrected chi connectivity index (χ3v) is 7.84. The maximum atomic E-state index is 2.47. The first-order valence-electron chi connectivity index (χ1n) is 8.01. The second kappa shape index (κ2) is 9.37. The van der Waals surface area contributed by atoms with E-state index in [0.29, 0.717) is 7.92 Å². The van der Waals surface area contributed by atoms with Crippen LogP contribution in [0.25, 0.3) is 0 Å². The van der Waals surface area contributed by atoms with Crippen LogP contribution in [-0.4, -0.2) is 17.5 Å². The van der Waals surface area contributed by atoms with Crippen molar-refractivity contribution in [3.8, 4) is 0 Å². The summed E-state index contributed by atoms with van der Waals surface area (Å²) in [7, 11) is 0.355. The summed E-state index contributed by atoms with van der Waals surface area (Å²) in [6.45, 7) is 7.25. The predicted octanol–water partition coefficient (Wildman–Crippen LogP) is 6.18. The Morgan fingerprint density at radius 3 is 2.12 bits per heavy atom. The Kier molecular flexibility index (Phi) is 8.54. The fourth-order valence-corrected chi connectivity index (χ4v) is 6.52. The molecule has 0 radical (unpaired) electrons. The average molecular weight is 256 g/mol. The molecule has 1 aliphatic carbocycles. The molecule has 1 unspecified atom stereocenters. The van der Waals surface area contributed by atoms with Gasteiger partial charge in [0, 0.05) is 0 Å². The molecule has 0 N–H and O–H groups in total. The molecule has 0 spiro atoms. The molecule has 0 nitrogen and oxygen atoms in total.